The van der Waals surface area contributed by atoms with Gasteiger partial charge in [0.2, 0.25) is 5.91 Å². The summed E-state index contributed by atoms with van der Waals surface area (Å²) in [5.74, 6) is -0.154. The predicted molar refractivity (Wildman–Crippen MR) is 135 cm³/mol. The fourth-order valence-corrected chi connectivity index (χ4v) is 4.67. The fourth-order valence-electron chi connectivity index (χ4n) is 4.67. The lowest BCUT2D eigenvalue weighted by Crippen LogP contribution is -2.48. The molecule has 1 aliphatic heterocycles. The second-order valence-electron chi connectivity index (χ2n) is 8.99. The average molecular weight is 456 g/mol. The van der Waals surface area contributed by atoms with Crippen LogP contribution in [0.1, 0.15) is 42.5 Å². The number of hydrogen-bond donors (Lipinski definition) is 1. The van der Waals surface area contributed by atoms with Crippen LogP contribution in [0.5, 0.6) is 0 Å². The van der Waals surface area contributed by atoms with Gasteiger partial charge in [0.05, 0.1) is 18.1 Å². The molecule has 3 aromatic rings. The minimum Gasteiger partial charge on any atom is -0.322 e. The summed E-state index contributed by atoms with van der Waals surface area (Å²) in [6.45, 7) is 2.58. The highest BCUT2D eigenvalue weighted by Crippen LogP contribution is 2.35. The molecule has 176 valence electrons. The second-order valence-corrected chi connectivity index (χ2v) is 8.99. The summed E-state index contributed by atoms with van der Waals surface area (Å²) in [7, 11) is 1.78. The number of benzene rings is 3. The van der Waals surface area contributed by atoms with Gasteiger partial charge < -0.3 is 10.2 Å². The van der Waals surface area contributed by atoms with Gasteiger partial charge in [0.15, 0.2) is 0 Å². The van der Waals surface area contributed by atoms with Gasteiger partial charge in [-0.25, -0.2) is 4.79 Å². The van der Waals surface area contributed by atoms with Gasteiger partial charge in [-0.2, -0.15) is 0 Å². The van der Waals surface area contributed by atoms with Crippen LogP contribution < -0.4 is 5.32 Å². The molecule has 1 aliphatic rings. The summed E-state index contributed by atoms with van der Waals surface area (Å²) in [4.78, 5) is 30.3. The van der Waals surface area contributed by atoms with Crippen LogP contribution in [-0.2, 0) is 17.8 Å². The molecule has 4 rings (SSSR count). The van der Waals surface area contributed by atoms with Crippen LogP contribution in [-0.4, -0.2) is 40.9 Å². The minimum absolute atomic E-state index is 0.0991. The lowest BCUT2D eigenvalue weighted by atomic mass is 9.98. The Balaban J connectivity index is 1.54. The number of likely N-dealkylation sites (N-methyl/N-ethyl adjacent to an activating group) is 1. The number of carbonyl (C=O) groups excluding carboxylic acids is 2. The highest BCUT2D eigenvalue weighted by atomic mass is 16.2. The summed E-state index contributed by atoms with van der Waals surface area (Å²) in [5.41, 5.74) is 3.35. The first-order valence-corrected chi connectivity index (χ1v) is 12.0. The molecule has 0 spiro atoms. The maximum atomic E-state index is 13.9. The molecule has 1 fully saturated rings. The molecule has 1 N–H and O–H groups in total. The number of carbonyl (C=O) groups is 2. The van der Waals surface area contributed by atoms with E-state index in [-0.39, 0.29) is 24.0 Å². The maximum absolute atomic E-state index is 13.9. The van der Waals surface area contributed by atoms with Crippen molar-refractivity contribution in [1.29, 1.82) is 0 Å². The maximum Gasteiger partial charge on any atom is 0.327 e. The third kappa shape index (κ3) is 5.37. The van der Waals surface area contributed by atoms with Gasteiger partial charge in [-0.1, -0.05) is 91.0 Å². The highest BCUT2D eigenvalue weighted by Gasteiger charge is 2.47. The second kappa shape index (κ2) is 11.1. The number of rotatable bonds is 9. The molecule has 0 unspecified atom stereocenters. The lowest BCUT2D eigenvalue weighted by molar-refractivity contribution is -0.132. The van der Waals surface area contributed by atoms with E-state index in [9.17, 15) is 9.59 Å². The minimum atomic E-state index is -0.446. The van der Waals surface area contributed by atoms with Crippen molar-refractivity contribution < 1.29 is 9.59 Å². The van der Waals surface area contributed by atoms with Crippen LogP contribution in [0.3, 0.4) is 0 Å². The van der Waals surface area contributed by atoms with Gasteiger partial charge in [-0.15, -0.1) is 0 Å². The SMILES string of the molecule is C[C@H]1[C@@H](c2ccccc2)N(C(=O)[C@@H](CCCc2ccccc2)NCc2ccccc2)C(=O)N1C. The van der Waals surface area contributed by atoms with Crippen molar-refractivity contribution in [1.82, 2.24) is 15.1 Å². The van der Waals surface area contributed by atoms with Crippen LogP contribution >= 0.6 is 0 Å². The first kappa shape index (κ1) is 23.7. The van der Waals surface area contributed by atoms with Crippen molar-refractivity contribution in [2.24, 2.45) is 0 Å². The van der Waals surface area contributed by atoms with Crippen LogP contribution in [0.25, 0.3) is 0 Å². The molecular weight excluding hydrogens is 422 g/mol. The Hall–Kier alpha value is -3.44. The number of amides is 3. The van der Waals surface area contributed by atoms with E-state index < -0.39 is 6.04 Å². The van der Waals surface area contributed by atoms with E-state index in [0.717, 1.165) is 24.0 Å². The van der Waals surface area contributed by atoms with Crippen LogP contribution in [0.15, 0.2) is 91.0 Å². The molecule has 5 heteroatoms. The number of hydrogen-bond acceptors (Lipinski definition) is 3. The van der Waals surface area contributed by atoms with Crippen molar-refractivity contribution in [2.45, 2.75) is 50.9 Å². The Bertz CT molecular complexity index is 1070. The van der Waals surface area contributed by atoms with Gasteiger partial charge in [0, 0.05) is 13.6 Å². The largest absolute Gasteiger partial charge is 0.327 e. The zero-order chi connectivity index (χ0) is 23.9. The molecule has 0 aliphatic carbocycles. The Kier molecular flexibility index (Phi) is 7.76. The highest BCUT2D eigenvalue weighted by molar-refractivity contribution is 5.99. The van der Waals surface area contributed by atoms with E-state index in [0.29, 0.717) is 13.0 Å². The molecule has 1 saturated heterocycles. The molecule has 0 saturated carbocycles. The first-order chi connectivity index (χ1) is 16.6. The summed E-state index contributed by atoms with van der Waals surface area (Å²) < 4.78 is 0. The Morgan fingerprint density at radius 3 is 2.06 bits per heavy atom. The van der Waals surface area contributed by atoms with Crippen molar-refractivity contribution >= 4 is 11.9 Å². The van der Waals surface area contributed by atoms with E-state index in [1.54, 1.807) is 11.9 Å². The summed E-state index contributed by atoms with van der Waals surface area (Å²) in [6.07, 6.45) is 2.40. The summed E-state index contributed by atoms with van der Waals surface area (Å²) in [6, 6.07) is 29.1. The van der Waals surface area contributed by atoms with Crippen molar-refractivity contribution in [3.63, 3.8) is 0 Å². The number of nitrogens with one attached hydrogen (secondary N) is 1. The van der Waals surface area contributed by atoms with Crippen molar-refractivity contribution in [2.75, 3.05) is 7.05 Å². The van der Waals surface area contributed by atoms with E-state index in [1.165, 1.54) is 10.5 Å². The summed E-state index contributed by atoms with van der Waals surface area (Å²) in [5, 5.41) is 3.46. The average Bonchev–Trinajstić information content (AvgIpc) is 3.11. The standard InChI is InChI=1S/C29H33N3O2/c1-22-27(25-18-10-5-11-19-25)32(29(34)31(22)2)28(33)26(30-21-24-15-8-4-9-16-24)20-12-17-23-13-6-3-7-14-23/h3-11,13-16,18-19,22,26-27,30H,12,17,20-21H2,1-2H3/t22-,26+,27-/m0/s1. The molecule has 0 radical (unpaired) electrons. The molecule has 3 aromatic carbocycles. The van der Waals surface area contributed by atoms with Crippen LogP contribution in [0, 0.1) is 0 Å². The Morgan fingerprint density at radius 1 is 0.882 bits per heavy atom. The number of nitrogens with zero attached hydrogens (tertiary/aromatic N) is 2. The Labute approximate surface area is 202 Å². The quantitative estimate of drug-likeness (QED) is 0.483. The zero-order valence-electron chi connectivity index (χ0n) is 19.9. The van der Waals surface area contributed by atoms with E-state index in [1.807, 2.05) is 85.8 Å². The monoisotopic (exact) mass is 455 g/mol. The molecule has 0 bridgehead atoms. The summed E-state index contributed by atoms with van der Waals surface area (Å²) >= 11 is 0. The van der Waals surface area contributed by atoms with Gasteiger partial charge >= 0.3 is 6.03 Å². The van der Waals surface area contributed by atoms with Crippen molar-refractivity contribution in [3.05, 3.63) is 108 Å². The van der Waals surface area contributed by atoms with Gasteiger partial charge in [-0.3, -0.25) is 9.69 Å². The molecule has 5 nitrogen and oxygen atoms in total. The van der Waals surface area contributed by atoms with E-state index in [4.69, 9.17) is 0 Å². The first-order valence-electron chi connectivity index (χ1n) is 12.0. The number of imide groups is 1. The van der Waals surface area contributed by atoms with Gasteiger partial charge in [0.1, 0.15) is 0 Å². The molecule has 0 aromatic heterocycles. The molecule has 3 amide bonds. The van der Waals surface area contributed by atoms with Gasteiger partial charge in [-0.05, 0) is 42.9 Å². The smallest absolute Gasteiger partial charge is 0.322 e. The third-order valence-electron chi connectivity index (χ3n) is 6.73. The van der Waals surface area contributed by atoms with Crippen LogP contribution in [0.2, 0.25) is 0 Å². The van der Waals surface area contributed by atoms with E-state index >= 15 is 0 Å². The normalized spacial score (nSPS) is 18.8. The van der Waals surface area contributed by atoms with Crippen molar-refractivity contribution in [3.8, 4) is 0 Å². The van der Waals surface area contributed by atoms with E-state index in [2.05, 4.69) is 17.4 Å². The molecule has 34 heavy (non-hydrogen) atoms. The zero-order valence-corrected chi connectivity index (χ0v) is 19.9. The Morgan fingerprint density at radius 2 is 1.44 bits per heavy atom. The van der Waals surface area contributed by atoms with Gasteiger partial charge in [0.25, 0.3) is 0 Å². The number of aryl methyl sites for hydroxylation is 1. The molecular formula is C29H33N3O2. The lowest BCUT2D eigenvalue weighted by Gasteiger charge is -2.28. The number of urea groups is 1. The predicted octanol–water partition coefficient (Wildman–Crippen LogP) is 5.19. The third-order valence-corrected chi connectivity index (χ3v) is 6.73. The van der Waals surface area contributed by atoms with Crippen LogP contribution in [0.4, 0.5) is 4.79 Å². The topological polar surface area (TPSA) is 52.7 Å². The molecule has 3 atom stereocenters. The molecule has 1 heterocycles. The fraction of sp³-hybridized carbons (Fsp3) is 0.310.